The number of aromatic nitrogens is 3. The van der Waals surface area contributed by atoms with Gasteiger partial charge in [-0.05, 0) is 42.0 Å². The van der Waals surface area contributed by atoms with Gasteiger partial charge in [-0.2, -0.15) is 5.26 Å². The minimum absolute atomic E-state index is 0.123. The van der Waals surface area contributed by atoms with Gasteiger partial charge in [0.1, 0.15) is 24.1 Å². The van der Waals surface area contributed by atoms with Crippen LogP contribution in [0, 0.1) is 23.0 Å². The molecule has 42 heavy (non-hydrogen) atoms. The van der Waals surface area contributed by atoms with Crippen LogP contribution in [0.4, 0.5) is 8.78 Å². The van der Waals surface area contributed by atoms with Crippen LogP contribution < -0.4 is 4.74 Å². The molecule has 0 aliphatic carbocycles. The highest BCUT2D eigenvalue weighted by Crippen LogP contribution is 2.31. The third kappa shape index (κ3) is 6.25. The Kier molecular flexibility index (Phi) is 8.75. The van der Waals surface area contributed by atoms with Crippen molar-refractivity contribution in [3.05, 3.63) is 111 Å². The number of benzene rings is 3. The minimum atomic E-state index is -1.63. The van der Waals surface area contributed by atoms with Crippen LogP contribution in [-0.4, -0.2) is 38.5 Å². The maximum atomic E-state index is 15.4. The lowest BCUT2D eigenvalue weighted by atomic mass is 10.1. The number of aliphatic hydroxyl groups is 2. The van der Waals surface area contributed by atoms with Crippen LogP contribution in [0.5, 0.6) is 5.88 Å². The second-order valence-electron chi connectivity index (χ2n) is 9.46. The molecule has 0 aliphatic heterocycles. The van der Waals surface area contributed by atoms with Crippen molar-refractivity contribution in [1.82, 2.24) is 14.5 Å². The number of hydrogen-bond donors (Lipinski definition) is 2. The molecule has 2 N–H and O–H groups in total. The first-order valence-electron chi connectivity index (χ1n) is 12.9. The summed E-state index contributed by atoms with van der Waals surface area (Å²) >= 11 is 6.39. The molecule has 0 radical (unpaired) electrons. The van der Waals surface area contributed by atoms with E-state index in [1.807, 2.05) is 10.6 Å². The van der Waals surface area contributed by atoms with Crippen LogP contribution in [0.25, 0.3) is 22.3 Å². The Balaban J connectivity index is 1.39. The Morgan fingerprint density at radius 1 is 0.976 bits per heavy atom. The van der Waals surface area contributed by atoms with Crippen LogP contribution >= 0.6 is 11.6 Å². The van der Waals surface area contributed by atoms with E-state index in [9.17, 15) is 14.6 Å². The largest absolute Gasteiger partial charge is 0.473 e. The molecule has 0 bridgehead atoms. The first-order chi connectivity index (χ1) is 20.3. The minimum Gasteiger partial charge on any atom is -0.473 e. The molecule has 2 aromatic heterocycles. The summed E-state index contributed by atoms with van der Waals surface area (Å²) in [5.41, 5.74) is 3.19. The number of pyridine rings is 1. The number of ether oxygens (including phenoxy) is 2. The standard InChI is InChI=1S/C31H25ClF2N4O4/c1-41-11-10-38-27-14-21(31(39)40)6-8-26(27)36-28(38)15-19-4-5-20(13-25(19)34)30-23(32)7-9-29(37-30)42-17-22-3-2-18(16-35)12-24(22)33/h2-9,12-14,31,39-40H,10-11,15,17H2,1H3. The van der Waals surface area contributed by atoms with Crippen molar-refractivity contribution in [2.75, 3.05) is 13.7 Å². The molecule has 2 heterocycles. The average Bonchev–Trinajstić information content (AvgIpc) is 3.33. The Hall–Kier alpha value is -4.40. The van der Waals surface area contributed by atoms with E-state index >= 15 is 4.39 Å². The number of hydrogen-bond acceptors (Lipinski definition) is 7. The summed E-state index contributed by atoms with van der Waals surface area (Å²) in [6.45, 7) is 0.694. The number of aliphatic hydroxyl groups excluding tert-OH is 1. The Bertz CT molecular complexity index is 1800. The SMILES string of the molecule is COCCn1c(Cc2ccc(-c3nc(OCc4ccc(C#N)cc4F)ccc3Cl)cc2F)nc2ccc(C(O)O)cc21. The zero-order valence-electron chi connectivity index (χ0n) is 22.4. The molecule has 8 nitrogen and oxygen atoms in total. The smallest absolute Gasteiger partial charge is 0.214 e. The maximum Gasteiger partial charge on any atom is 0.214 e. The van der Waals surface area contributed by atoms with Gasteiger partial charge in [0.2, 0.25) is 5.88 Å². The molecule has 0 saturated heterocycles. The van der Waals surface area contributed by atoms with Crippen LogP contribution in [-0.2, 0) is 24.3 Å². The molecule has 214 valence electrons. The van der Waals surface area contributed by atoms with Crippen LogP contribution in [0.1, 0.15) is 34.4 Å². The Morgan fingerprint density at radius 3 is 2.48 bits per heavy atom. The number of methoxy groups -OCH3 is 1. The van der Waals surface area contributed by atoms with Gasteiger partial charge >= 0.3 is 0 Å². The van der Waals surface area contributed by atoms with Crippen molar-refractivity contribution in [2.24, 2.45) is 0 Å². The van der Waals surface area contributed by atoms with Crippen molar-refractivity contribution in [3.63, 3.8) is 0 Å². The van der Waals surface area contributed by atoms with Gasteiger partial charge in [-0.15, -0.1) is 0 Å². The third-order valence-electron chi connectivity index (χ3n) is 6.72. The van der Waals surface area contributed by atoms with Gasteiger partial charge in [0.25, 0.3) is 0 Å². The zero-order chi connectivity index (χ0) is 29.8. The van der Waals surface area contributed by atoms with Gasteiger partial charge in [0, 0.05) is 42.8 Å². The molecule has 5 aromatic rings. The van der Waals surface area contributed by atoms with E-state index < -0.39 is 17.9 Å². The fourth-order valence-electron chi connectivity index (χ4n) is 4.52. The quantitative estimate of drug-likeness (QED) is 0.201. The molecule has 0 spiro atoms. The van der Waals surface area contributed by atoms with Crippen LogP contribution in [0.2, 0.25) is 5.02 Å². The summed E-state index contributed by atoms with van der Waals surface area (Å²) in [7, 11) is 1.57. The molecule has 0 atom stereocenters. The first-order valence-corrected chi connectivity index (χ1v) is 13.3. The van der Waals surface area contributed by atoms with E-state index in [0.717, 1.165) is 6.07 Å². The Morgan fingerprint density at radius 2 is 1.76 bits per heavy atom. The number of rotatable bonds is 10. The average molecular weight is 591 g/mol. The van der Waals surface area contributed by atoms with E-state index in [4.69, 9.17) is 26.3 Å². The van der Waals surface area contributed by atoms with E-state index in [0.29, 0.717) is 52.4 Å². The van der Waals surface area contributed by atoms with Gasteiger partial charge in [-0.25, -0.2) is 18.7 Å². The third-order valence-corrected chi connectivity index (χ3v) is 7.03. The van der Waals surface area contributed by atoms with Gasteiger partial charge in [0.15, 0.2) is 6.29 Å². The molecule has 5 rings (SSSR count). The van der Waals surface area contributed by atoms with Gasteiger partial charge in [0.05, 0.1) is 40.0 Å². The maximum absolute atomic E-state index is 15.4. The van der Waals surface area contributed by atoms with Crippen LogP contribution in [0.15, 0.2) is 66.7 Å². The fourth-order valence-corrected chi connectivity index (χ4v) is 4.73. The number of nitrogens with zero attached hydrogens (tertiary/aromatic N) is 4. The topological polar surface area (TPSA) is 113 Å². The highest BCUT2D eigenvalue weighted by atomic mass is 35.5. The summed E-state index contributed by atoms with van der Waals surface area (Å²) in [5.74, 6) is -0.307. The number of imidazole rings is 1. The van der Waals surface area contributed by atoms with Crippen molar-refractivity contribution in [3.8, 4) is 23.2 Å². The summed E-state index contributed by atoms with van der Waals surface area (Å²) < 4.78 is 42.4. The molecule has 11 heteroatoms. The van der Waals surface area contributed by atoms with Gasteiger partial charge in [-0.3, -0.25) is 0 Å². The lowest BCUT2D eigenvalue weighted by molar-refractivity contribution is -0.0424. The predicted octanol–water partition coefficient (Wildman–Crippen LogP) is 5.70. The number of halogens is 3. The van der Waals surface area contributed by atoms with Crippen molar-refractivity contribution in [1.29, 1.82) is 5.26 Å². The van der Waals surface area contributed by atoms with E-state index in [1.54, 1.807) is 43.5 Å². The Labute approximate surface area is 245 Å². The number of nitriles is 1. The van der Waals surface area contributed by atoms with Crippen molar-refractivity contribution in [2.45, 2.75) is 25.9 Å². The monoisotopic (exact) mass is 590 g/mol. The van der Waals surface area contributed by atoms with Crippen molar-refractivity contribution < 1.29 is 28.5 Å². The van der Waals surface area contributed by atoms with Gasteiger partial charge in [-0.1, -0.05) is 35.9 Å². The summed E-state index contributed by atoms with van der Waals surface area (Å²) in [4.78, 5) is 9.06. The molecule has 0 amide bonds. The van der Waals surface area contributed by atoms with Gasteiger partial charge < -0.3 is 24.3 Å². The second kappa shape index (κ2) is 12.6. The van der Waals surface area contributed by atoms with E-state index in [2.05, 4.69) is 9.97 Å². The lowest BCUT2D eigenvalue weighted by Crippen LogP contribution is -2.10. The summed E-state index contributed by atoms with van der Waals surface area (Å²) in [6.07, 6.45) is -1.46. The summed E-state index contributed by atoms with van der Waals surface area (Å²) in [6, 6.07) is 18.6. The fraction of sp³-hybridized carbons (Fsp3) is 0.194. The highest BCUT2D eigenvalue weighted by Gasteiger charge is 2.17. The van der Waals surface area contributed by atoms with Crippen molar-refractivity contribution >= 4 is 22.6 Å². The van der Waals surface area contributed by atoms with E-state index in [1.165, 1.54) is 24.3 Å². The number of fused-ring (bicyclic) bond motifs is 1. The van der Waals surface area contributed by atoms with E-state index in [-0.39, 0.29) is 35.1 Å². The molecule has 0 saturated carbocycles. The molecule has 0 unspecified atom stereocenters. The molecule has 0 fully saturated rings. The molecular formula is C31H25ClF2N4O4. The predicted molar refractivity (Wildman–Crippen MR) is 152 cm³/mol. The molecule has 0 aliphatic rings. The molecular weight excluding hydrogens is 566 g/mol. The summed E-state index contributed by atoms with van der Waals surface area (Å²) in [5, 5.41) is 28.4. The van der Waals surface area contributed by atoms with Crippen LogP contribution in [0.3, 0.4) is 0 Å². The zero-order valence-corrected chi connectivity index (χ0v) is 23.1. The lowest BCUT2D eigenvalue weighted by Gasteiger charge is -2.12. The first kappa shape index (κ1) is 29.1. The highest BCUT2D eigenvalue weighted by molar-refractivity contribution is 6.33. The molecule has 3 aromatic carbocycles. The normalized spacial score (nSPS) is 11.3. The second-order valence-corrected chi connectivity index (χ2v) is 9.87.